The van der Waals surface area contributed by atoms with Gasteiger partial charge in [0.2, 0.25) is 0 Å². The number of hydrogen-bond donors (Lipinski definition) is 1. The van der Waals surface area contributed by atoms with Gasteiger partial charge in [-0.05, 0) is 81.7 Å². The van der Waals surface area contributed by atoms with Gasteiger partial charge in [0.15, 0.2) is 5.82 Å². The lowest BCUT2D eigenvalue weighted by atomic mass is 10.1. The number of rotatable bonds is 6. The fraction of sp³-hybridized carbons (Fsp3) is 0.438. The summed E-state index contributed by atoms with van der Waals surface area (Å²) in [5.41, 5.74) is 13.1. The fourth-order valence-corrected chi connectivity index (χ4v) is 7.31. The van der Waals surface area contributed by atoms with Gasteiger partial charge in [-0.2, -0.15) is 0 Å². The first-order valence-electron chi connectivity index (χ1n) is 14.9. The number of piperidine rings is 1. The number of aromatic nitrogens is 5. The first kappa shape index (κ1) is 25.5. The van der Waals surface area contributed by atoms with Crippen molar-refractivity contribution in [1.29, 1.82) is 0 Å². The molecular weight excluding hydrogens is 530 g/mol. The second-order valence-electron chi connectivity index (χ2n) is 12.4. The number of carbonyl (C=O) groups is 1. The van der Waals surface area contributed by atoms with Gasteiger partial charge >= 0.3 is 0 Å². The van der Waals surface area contributed by atoms with E-state index in [4.69, 9.17) is 25.0 Å². The third-order valence-electron chi connectivity index (χ3n) is 9.72. The quantitative estimate of drug-likeness (QED) is 0.313. The molecule has 5 aromatic rings. The third-order valence-corrected chi connectivity index (χ3v) is 9.72. The highest BCUT2D eigenvalue weighted by Crippen LogP contribution is 2.40. The van der Waals surface area contributed by atoms with Gasteiger partial charge < -0.3 is 29.0 Å². The molecule has 4 aromatic heterocycles. The molecule has 2 N–H and O–H groups in total. The summed E-state index contributed by atoms with van der Waals surface area (Å²) < 4.78 is 15.7. The number of methoxy groups -OCH3 is 1. The van der Waals surface area contributed by atoms with Gasteiger partial charge in [-0.15, -0.1) is 0 Å². The van der Waals surface area contributed by atoms with E-state index in [-0.39, 0.29) is 18.0 Å². The van der Waals surface area contributed by atoms with E-state index < -0.39 is 0 Å². The van der Waals surface area contributed by atoms with Crippen molar-refractivity contribution in [2.45, 2.75) is 58.2 Å². The number of imidazole rings is 1. The van der Waals surface area contributed by atoms with E-state index in [0.29, 0.717) is 23.1 Å². The molecule has 0 spiro atoms. The van der Waals surface area contributed by atoms with Gasteiger partial charge in [0.25, 0.3) is 5.91 Å². The Morgan fingerprint density at radius 3 is 2.62 bits per heavy atom. The Kier molecular flexibility index (Phi) is 5.57. The van der Waals surface area contributed by atoms with Crippen molar-refractivity contribution < 1.29 is 14.1 Å². The van der Waals surface area contributed by atoms with Crippen LogP contribution in [0, 0.1) is 25.7 Å². The van der Waals surface area contributed by atoms with Crippen LogP contribution in [-0.2, 0) is 13.6 Å². The van der Waals surface area contributed by atoms with Crippen LogP contribution in [0.3, 0.4) is 0 Å². The lowest BCUT2D eigenvalue weighted by Gasteiger charge is -2.27. The molecule has 1 amide bonds. The third kappa shape index (κ3) is 3.74. The average Bonchev–Trinajstić information content (AvgIpc) is 3.17. The highest BCUT2D eigenvalue weighted by Gasteiger charge is 2.47. The summed E-state index contributed by atoms with van der Waals surface area (Å²) in [7, 11) is 3.66. The van der Waals surface area contributed by atoms with Crippen molar-refractivity contribution in [3.8, 4) is 28.5 Å². The van der Waals surface area contributed by atoms with Crippen molar-refractivity contribution >= 4 is 28.0 Å². The maximum absolute atomic E-state index is 13.7. The number of fused-ring (bicyclic) bond motifs is 4. The summed E-state index contributed by atoms with van der Waals surface area (Å²) in [4.78, 5) is 25.9. The largest absolute Gasteiger partial charge is 0.494 e. The highest BCUT2D eigenvalue weighted by atomic mass is 16.5. The van der Waals surface area contributed by atoms with Gasteiger partial charge in [-0.3, -0.25) is 4.79 Å². The van der Waals surface area contributed by atoms with Crippen molar-refractivity contribution in [2.24, 2.45) is 24.6 Å². The van der Waals surface area contributed by atoms with Crippen LogP contribution in [-0.4, -0.2) is 60.8 Å². The Morgan fingerprint density at radius 1 is 1.12 bits per heavy atom. The molecule has 0 radical (unpaired) electrons. The molecular formula is C32H35N7O3. The van der Waals surface area contributed by atoms with Crippen LogP contribution in [0.4, 0.5) is 0 Å². The second-order valence-corrected chi connectivity index (χ2v) is 12.4. The fourth-order valence-electron chi connectivity index (χ4n) is 7.31. The van der Waals surface area contributed by atoms with E-state index in [1.807, 2.05) is 44.0 Å². The topological polar surface area (TPSA) is 117 Å². The predicted molar refractivity (Wildman–Crippen MR) is 159 cm³/mol. The Hall–Kier alpha value is -4.18. The number of aryl methyl sites for hydroxylation is 3. The summed E-state index contributed by atoms with van der Waals surface area (Å²) in [6, 6.07) is 10.3. The highest BCUT2D eigenvalue weighted by molar-refractivity contribution is 6.00. The minimum absolute atomic E-state index is 0.00366. The SMILES string of the molecule is COc1cc(C(=O)N2C[C@H]3CC[C@@H]2[C@@H]3N)cc2nc(-c3cc4ccc(-c5c(C)noc5C)nc4n3CC3CC3)n(C)c12. The molecule has 3 fully saturated rings. The Morgan fingerprint density at radius 2 is 1.95 bits per heavy atom. The maximum atomic E-state index is 13.7. The Labute approximate surface area is 243 Å². The molecule has 1 aliphatic heterocycles. The first-order chi connectivity index (χ1) is 20.3. The van der Waals surface area contributed by atoms with Gasteiger partial charge in [0.05, 0.1) is 35.3 Å². The van der Waals surface area contributed by atoms with Crippen LogP contribution < -0.4 is 10.5 Å². The van der Waals surface area contributed by atoms with Crippen LogP contribution >= 0.6 is 0 Å². The summed E-state index contributed by atoms with van der Waals surface area (Å²) in [6.45, 7) is 5.46. The molecule has 10 heteroatoms. The minimum atomic E-state index is 0.00366. The van der Waals surface area contributed by atoms with E-state index in [0.717, 1.165) is 82.2 Å². The summed E-state index contributed by atoms with van der Waals surface area (Å²) in [6.07, 6.45) is 4.51. The van der Waals surface area contributed by atoms with Crippen molar-refractivity contribution in [3.63, 3.8) is 0 Å². The molecule has 1 saturated heterocycles. The predicted octanol–water partition coefficient (Wildman–Crippen LogP) is 4.84. The molecule has 3 aliphatic rings. The van der Waals surface area contributed by atoms with E-state index in [1.165, 1.54) is 12.8 Å². The number of benzene rings is 1. The van der Waals surface area contributed by atoms with Gasteiger partial charge in [-0.1, -0.05) is 5.16 Å². The maximum Gasteiger partial charge on any atom is 0.254 e. The Bertz CT molecular complexity index is 1880. The van der Waals surface area contributed by atoms with Crippen LogP contribution in [0.1, 0.15) is 47.5 Å². The number of nitrogens with two attached hydrogens (primary N) is 1. The van der Waals surface area contributed by atoms with Crippen molar-refractivity contribution in [3.05, 3.63) is 47.3 Å². The molecule has 2 saturated carbocycles. The van der Waals surface area contributed by atoms with E-state index >= 15 is 0 Å². The Balaban J connectivity index is 1.25. The number of nitrogens with zero attached hydrogens (tertiary/aromatic N) is 6. The first-order valence-corrected chi connectivity index (χ1v) is 14.9. The van der Waals surface area contributed by atoms with Crippen LogP contribution in [0.15, 0.2) is 34.9 Å². The van der Waals surface area contributed by atoms with Crippen LogP contribution in [0.25, 0.3) is 44.8 Å². The van der Waals surface area contributed by atoms with E-state index in [1.54, 1.807) is 7.11 Å². The number of pyridine rings is 1. The van der Waals surface area contributed by atoms with Gasteiger partial charge in [0, 0.05) is 43.2 Å². The molecule has 0 unspecified atom stereocenters. The molecule has 216 valence electrons. The van der Waals surface area contributed by atoms with Crippen LogP contribution in [0.2, 0.25) is 0 Å². The van der Waals surface area contributed by atoms with E-state index in [9.17, 15) is 4.79 Å². The van der Waals surface area contributed by atoms with Crippen LogP contribution in [0.5, 0.6) is 5.75 Å². The van der Waals surface area contributed by atoms with Gasteiger partial charge in [0.1, 0.15) is 22.7 Å². The zero-order valence-electron chi connectivity index (χ0n) is 24.4. The number of ether oxygens (including phenoxy) is 1. The molecule has 2 aliphatic carbocycles. The number of hydrogen-bond acceptors (Lipinski definition) is 7. The summed E-state index contributed by atoms with van der Waals surface area (Å²) >= 11 is 0. The van der Waals surface area contributed by atoms with Crippen molar-refractivity contribution in [2.75, 3.05) is 13.7 Å². The normalized spacial score (nSPS) is 21.7. The van der Waals surface area contributed by atoms with Crippen molar-refractivity contribution in [1.82, 2.24) is 29.2 Å². The molecule has 1 aromatic carbocycles. The zero-order chi connectivity index (χ0) is 28.9. The monoisotopic (exact) mass is 565 g/mol. The molecule has 3 atom stereocenters. The molecule has 42 heavy (non-hydrogen) atoms. The average molecular weight is 566 g/mol. The molecule has 10 nitrogen and oxygen atoms in total. The smallest absolute Gasteiger partial charge is 0.254 e. The number of carbonyl (C=O) groups excluding carboxylic acids is 1. The number of likely N-dealkylation sites (tertiary alicyclic amines) is 1. The standard InChI is InChI=1S/C32H35N7O3/c1-16-27(17(2)42-36-16)22-9-7-19-12-25(38(30(19)34-22)14-18-5-6-18)31-35-23-11-21(13-26(41-4)29(23)37(31)3)32(40)39-15-20-8-10-24(39)28(20)33/h7,9,11-13,18,20,24,28H,5-6,8,10,14-15,33H2,1-4H3/t20-,24-,28-/m1/s1. The van der Waals surface area contributed by atoms with E-state index in [2.05, 4.69) is 26.4 Å². The minimum Gasteiger partial charge on any atom is -0.494 e. The van der Waals surface area contributed by atoms with Gasteiger partial charge in [-0.25, -0.2) is 9.97 Å². The summed E-state index contributed by atoms with van der Waals surface area (Å²) in [5, 5.41) is 5.19. The lowest BCUT2D eigenvalue weighted by molar-refractivity contribution is 0.0700. The lowest BCUT2D eigenvalue weighted by Crippen LogP contribution is -2.41. The molecule has 8 rings (SSSR count). The molecule has 2 bridgehead atoms. The second kappa shape index (κ2) is 9.16. The zero-order valence-corrected chi connectivity index (χ0v) is 24.4. The molecule has 5 heterocycles. The number of amides is 1. The summed E-state index contributed by atoms with van der Waals surface area (Å²) in [5.74, 6) is 3.23.